The van der Waals surface area contributed by atoms with Crippen LogP contribution in [-0.2, 0) is 16.1 Å². The van der Waals surface area contributed by atoms with Crippen LogP contribution in [0.15, 0.2) is 54.6 Å². The number of nitrogens with one attached hydrogen (secondary N) is 1. The highest BCUT2D eigenvalue weighted by Gasteiger charge is 2.26. The largest absolute Gasteiger partial charge is 0.484 e. The number of rotatable bonds is 8. The molecule has 5 nitrogen and oxygen atoms in total. The topological polar surface area (TPSA) is 58.6 Å². The van der Waals surface area contributed by atoms with E-state index in [1.807, 2.05) is 32.0 Å². The summed E-state index contributed by atoms with van der Waals surface area (Å²) in [5, 5.41) is 2.81. The molecule has 2 rings (SSSR count). The molecule has 6 heteroatoms. The molecule has 2 aromatic rings. The zero-order valence-corrected chi connectivity index (χ0v) is 15.8. The minimum Gasteiger partial charge on any atom is -0.484 e. The number of carbonyl (C=O) groups excluding carboxylic acids is 2. The van der Waals surface area contributed by atoms with Gasteiger partial charge in [-0.25, -0.2) is 4.39 Å². The van der Waals surface area contributed by atoms with E-state index >= 15 is 0 Å². The SMILES string of the molecule is CC(C)NC(=O)[C@H](C)N(Cc1ccc(F)cc1)C(=O)COc1ccccc1. The summed E-state index contributed by atoms with van der Waals surface area (Å²) in [5.41, 5.74) is 0.730. The van der Waals surface area contributed by atoms with Gasteiger partial charge in [-0.3, -0.25) is 9.59 Å². The summed E-state index contributed by atoms with van der Waals surface area (Å²) in [4.78, 5) is 26.6. The number of ether oxygens (including phenoxy) is 1. The maximum Gasteiger partial charge on any atom is 0.261 e. The molecule has 0 aliphatic rings. The van der Waals surface area contributed by atoms with Gasteiger partial charge in [0.25, 0.3) is 5.91 Å². The van der Waals surface area contributed by atoms with Gasteiger partial charge in [-0.1, -0.05) is 30.3 Å². The third-order valence-electron chi connectivity index (χ3n) is 3.97. The molecule has 27 heavy (non-hydrogen) atoms. The van der Waals surface area contributed by atoms with Crippen LogP contribution in [0.1, 0.15) is 26.3 Å². The molecule has 0 spiro atoms. The van der Waals surface area contributed by atoms with E-state index in [9.17, 15) is 14.0 Å². The van der Waals surface area contributed by atoms with E-state index < -0.39 is 6.04 Å². The Balaban J connectivity index is 2.12. The number of amides is 2. The first-order chi connectivity index (χ1) is 12.9. The summed E-state index contributed by atoms with van der Waals surface area (Å²) in [7, 11) is 0. The second-order valence-electron chi connectivity index (χ2n) is 6.59. The zero-order valence-electron chi connectivity index (χ0n) is 15.8. The summed E-state index contributed by atoms with van der Waals surface area (Å²) in [6, 6.07) is 14.1. The summed E-state index contributed by atoms with van der Waals surface area (Å²) < 4.78 is 18.7. The summed E-state index contributed by atoms with van der Waals surface area (Å²) in [6.07, 6.45) is 0. The van der Waals surface area contributed by atoms with Gasteiger partial charge in [0.05, 0.1) is 0 Å². The normalized spacial score (nSPS) is 11.7. The van der Waals surface area contributed by atoms with E-state index in [1.54, 1.807) is 31.2 Å². The number of hydrogen-bond acceptors (Lipinski definition) is 3. The lowest BCUT2D eigenvalue weighted by atomic mass is 10.1. The fraction of sp³-hybridized carbons (Fsp3) is 0.333. The molecular weight excluding hydrogens is 347 g/mol. The Morgan fingerprint density at radius 2 is 1.67 bits per heavy atom. The Kier molecular flexibility index (Phi) is 7.34. The van der Waals surface area contributed by atoms with Crippen LogP contribution in [0.3, 0.4) is 0 Å². The van der Waals surface area contributed by atoms with E-state index in [0.29, 0.717) is 5.75 Å². The molecule has 1 N–H and O–H groups in total. The van der Waals surface area contributed by atoms with Crippen molar-refractivity contribution in [3.63, 3.8) is 0 Å². The molecule has 0 aromatic heterocycles. The number of benzene rings is 2. The van der Waals surface area contributed by atoms with Gasteiger partial charge < -0.3 is 15.0 Å². The predicted octanol–water partition coefficient (Wildman–Crippen LogP) is 3.15. The van der Waals surface area contributed by atoms with Crippen LogP contribution in [0.2, 0.25) is 0 Å². The molecule has 0 heterocycles. The lowest BCUT2D eigenvalue weighted by Gasteiger charge is -2.29. The first-order valence-corrected chi connectivity index (χ1v) is 8.89. The Labute approximate surface area is 159 Å². The minimum absolute atomic E-state index is 0.0386. The molecule has 0 saturated carbocycles. The van der Waals surface area contributed by atoms with Crippen molar-refractivity contribution in [2.75, 3.05) is 6.61 Å². The van der Waals surface area contributed by atoms with Gasteiger partial charge in [-0.05, 0) is 50.6 Å². The maximum atomic E-state index is 13.2. The Bertz CT molecular complexity index is 748. The van der Waals surface area contributed by atoms with Crippen LogP contribution in [0, 0.1) is 5.82 Å². The number of carbonyl (C=O) groups is 2. The van der Waals surface area contributed by atoms with Gasteiger partial charge in [0.1, 0.15) is 17.6 Å². The highest BCUT2D eigenvalue weighted by molar-refractivity contribution is 5.88. The van der Waals surface area contributed by atoms with Crippen molar-refractivity contribution >= 4 is 11.8 Å². The molecule has 0 saturated heterocycles. The molecule has 2 amide bonds. The van der Waals surface area contributed by atoms with Crippen LogP contribution in [-0.4, -0.2) is 35.4 Å². The van der Waals surface area contributed by atoms with Crippen molar-refractivity contribution in [1.29, 1.82) is 0 Å². The predicted molar refractivity (Wildman–Crippen MR) is 102 cm³/mol. The van der Waals surface area contributed by atoms with Gasteiger partial charge in [0.2, 0.25) is 5.91 Å². The van der Waals surface area contributed by atoms with Gasteiger partial charge >= 0.3 is 0 Å². The fourth-order valence-corrected chi connectivity index (χ4v) is 2.52. The molecule has 0 aliphatic heterocycles. The summed E-state index contributed by atoms with van der Waals surface area (Å²) in [6.45, 7) is 5.38. The van der Waals surface area contributed by atoms with E-state index in [-0.39, 0.29) is 36.8 Å². The lowest BCUT2D eigenvalue weighted by molar-refractivity contribution is -0.142. The smallest absolute Gasteiger partial charge is 0.261 e. The van der Waals surface area contributed by atoms with Crippen LogP contribution in [0.4, 0.5) is 4.39 Å². The summed E-state index contributed by atoms with van der Waals surface area (Å²) in [5.74, 6) is -0.351. The molecule has 0 aliphatic carbocycles. The fourth-order valence-electron chi connectivity index (χ4n) is 2.52. The average Bonchev–Trinajstić information content (AvgIpc) is 2.65. The van der Waals surface area contributed by atoms with Crippen molar-refractivity contribution in [3.8, 4) is 5.75 Å². The highest BCUT2D eigenvalue weighted by Crippen LogP contribution is 2.13. The first-order valence-electron chi connectivity index (χ1n) is 8.89. The number of hydrogen-bond donors (Lipinski definition) is 1. The molecule has 1 atom stereocenters. The first kappa shape index (κ1) is 20.4. The number of nitrogens with zero attached hydrogens (tertiary/aromatic N) is 1. The molecule has 0 radical (unpaired) electrons. The van der Waals surface area contributed by atoms with Gasteiger partial charge in [-0.15, -0.1) is 0 Å². The monoisotopic (exact) mass is 372 g/mol. The third-order valence-corrected chi connectivity index (χ3v) is 3.97. The van der Waals surface area contributed by atoms with Crippen LogP contribution in [0.5, 0.6) is 5.75 Å². The second kappa shape index (κ2) is 9.71. The Morgan fingerprint density at radius 3 is 2.26 bits per heavy atom. The van der Waals surface area contributed by atoms with E-state index in [2.05, 4.69) is 5.32 Å². The molecule has 0 fully saturated rings. The van der Waals surface area contributed by atoms with Crippen molar-refractivity contribution in [3.05, 3.63) is 66.0 Å². The quantitative estimate of drug-likeness (QED) is 0.774. The van der Waals surface area contributed by atoms with Gasteiger partial charge in [0.15, 0.2) is 6.61 Å². The molecule has 144 valence electrons. The van der Waals surface area contributed by atoms with E-state index in [1.165, 1.54) is 17.0 Å². The van der Waals surface area contributed by atoms with Crippen molar-refractivity contribution in [1.82, 2.24) is 10.2 Å². The van der Waals surface area contributed by atoms with Crippen molar-refractivity contribution < 1.29 is 18.7 Å². The molecule has 2 aromatic carbocycles. The number of para-hydroxylation sites is 1. The highest BCUT2D eigenvalue weighted by atomic mass is 19.1. The number of halogens is 1. The zero-order chi connectivity index (χ0) is 19.8. The van der Waals surface area contributed by atoms with Gasteiger partial charge in [-0.2, -0.15) is 0 Å². The van der Waals surface area contributed by atoms with Crippen molar-refractivity contribution in [2.24, 2.45) is 0 Å². The van der Waals surface area contributed by atoms with Crippen LogP contribution < -0.4 is 10.1 Å². The van der Waals surface area contributed by atoms with Gasteiger partial charge in [0, 0.05) is 12.6 Å². The molecule has 0 bridgehead atoms. The van der Waals surface area contributed by atoms with Crippen molar-refractivity contribution in [2.45, 2.75) is 39.4 Å². The van der Waals surface area contributed by atoms with E-state index in [4.69, 9.17) is 4.74 Å². The Hall–Kier alpha value is -2.89. The third kappa shape index (κ3) is 6.40. The maximum absolute atomic E-state index is 13.2. The lowest BCUT2D eigenvalue weighted by Crippen LogP contribution is -2.50. The minimum atomic E-state index is -0.690. The summed E-state index contributed by atoms with van der Waals surface area (Å²) >= 11 is 0. The van der Waals surface area contributed by atoms with Crippen LogP contribution >= 0.6 is 0 Å². The molecular formula is C21H25FN2O3. The average molecular weight is 372 g/mol. The van der Waals surface area contributed by atoms with E-state index in [0.717, 1.165) is 5.56 Å². The van der Waals surface area contributed by atoms with Crippen LogP contribution in [0.25, 0.3) is 0 Å². The molecule has 0 unspecified atom stereocenters. The Morgan fingerprint density at radius 1 is 1.04 bits per heavy atom. The standard InChI is InChI=1S/C21H25FN2O3/c1-15(2)23-21(26)16(3)24(13-17-9-11-18(22)12-10-17)20(25)14-27-19-7-5-4-6-8-19/h4-12,15-16H,13-14H2,1-3H3,(H,23,26)/t16-/m0/s1. The second-order valence-corrected chi connectivity index (χ2v) is 6.59.